The summed E-state index contributed by atoms with van der Waals surface area (Å²) in [6, 6.07) is 6.44. The first-order valence-corrected chi connectivity index (χ1v) is 7.85. The summed E-state index contributed by atoms with van der Waals surface area (Å²) >= 11 is 0. The van der Waals surface area contributed by atoms with Crippen molar-refractivity contribution in [2.45, 2.75) is 52.2 Å². The molecule has 4 heteroatoms. The van der Waals surface area contributed by atoms with E-state index in [9.17, 15) is 9.90 Å². The Hall–Kier alpha value is -1.39. The van der Waals surface area contributed by atoms with E-state index in [1.807, 2.05) is 18.2 Å². The Kier molecular flexibility index (Phi) is 5.37. The van der Waals surface area contributed by atoms with E-state index >= 15 is 0 Å². The normalized spacial score (nSPS) is 16.7. The van der Waals surface area contributed by atoms with Crippen molar-refractivity contribution in [2.24, 2.45) is 0 Å². The van der Waals surface area contributed by atoms with Gasteiger partial charge in [-0.15, -0.1) is 0 Å². The maximum Gasteiger partial charge on any atom is 0.223 e. The van der Waals surface area contributed by atoms with E-state index in [0.717, 1.165) is 42.7 Å². The number of nitrogens with one attached hydrogen (secondary N) is 1. The number of anilines is 1. The van der Waals surface area contributed by atoms with E-state index in [2.05, 4.69) is 19.2 Å². The Morgan fingerprint density at radius 3 is 2.90 bits per heavy atom. The number of fused-ring (bicyclic) bond motifs is 1. The lowest BCUT2D eigenvalue weighted by Crippen LogP contribution is -2.27. The third-order valence-corrected chi connectivity index (χ3v) is 4.29. The summed E-state index contributed by atoms with van der Waals surface area (Å²) in [5.41, 5.74) is 3.11. The molecule has 0 saturated heterocycles. The highest BCUT2D eigenvalue weighted by Crippen LogP contribution is 2.31. The summed E-state index contributed by atoms with van der Waals surface area (Å²) in [7, 11) is 0. The minimum absolute atomic E-state index is 0.0831. The number of aliphatic hydroxyl groups is 1. The fourth-order valence-corrected chi connectivity index (χ4v) is 2.73. The van der Waals surface area contributed by atoms with Gasteiger partial charge >= 0.3 is 0 Å². The number of aliphatic hydroxyl groups excluding tert-OH is 1. The summed E-state index contributed by atoms with van der Waals surface area (Å²) in [4.78, 5) is 13.3. The summed E-state index contributed by atoms with van der Waals surface area (Å²) in [5, 5.41) is 13.7. The highest BCUT2D eigenvalue weighted by molar-refractivity contribution is 5.93. The van der Waals surface area contributed by atoms with Crippen LogP contribution in [0.5, 0.6) is 0 Å². The highest BCUT2D eigenvalue weighted by atomic mass is 16.3. The molecular weight excluding hydrogens is 264 g/mol. The van der Waals surface area contributed by atoms with Gasteiger partial charge in [-0.1, -0.05) is 19.1 Å². The third-order valence-electron chi connectivity index (χ3n) is 4.29. The summed E-state index contributed by atoms with van der Waals surface area (Å²) < 4.78 is 0. The van der Waals surface area contributed by atoms with Crippen LogP contribution in [0.3, 0.4) is 0 Å². The van der Waals surface area contributed by atoms with Gasteiger partial charge in [-0.2, -0.15) is 0 Å². The molecule has 2 atom stereocenters. The van der Waals surface area contributed by atoms with Gasteiger partial charge in [0.05, 0.1) is 6.10 Å². The van der Waals surface area contributed by atoms with Crippen molar-refractivity contribution < 1.29 is 9.90 Å². The van der Waals surface area contributed by atoms with Crippen molar-refractivity contribution in [1.29, 1.82) is 0 Å². The smallest absolute Gasteiger partial charge is 0.223 e. The molecule has 1 aromatic carbocycles. The first-order chi connectivity index (χ1) is 10.0. The number of rotatable bonds is 6. The number of hydrogen-bond donors (Lipinski definition) is 2. The first-order valence-electron chi connectivity index (χ1n) is 7.85. The standard InChI is InChI=1S/C17H26N2O2/c1-4-12(2)18-9-7-17(21)15-5-6-16-14(11-15)8-10-19(16)13(3)20/h5-6,11-12,17-18,21H,4,7-10H2,1-3H3. The van der Waals surface area contributed by atoms with Crippen LogP contribution in [0.4, 0.5) is 5.69 Å². The van der Waals surface area contributed by atoms with E-state index < -0.39 is 6.10 Å². The molecule has 1 aromatic rings. The predicted molar refractivity (Wildman–Crippen MR) is 85.5 cm³/mol. The van der Waals surface area contributed by atoms with E-state index in [-0.39, 0.29) is 5.91 Å². The molecule has 4 nitrogen and oxygen atoms in total. The molecule has 0 aromatic heterocycles. The van der Waals surface area contributed by atoms with Crippen LogP contribution in [0, 0.1) is 0 Å². The van der Waals surface area contributed by atoms with Gasteiger partial charge in [0.15, 0.2) is 0 Å². The zero-order chi connectivity index (χ0) is 15.4. The molecule has 1 aliphatic heterocycles. The third kappa shape index (κ3) is 3.83. The lowest BCUT2D eigenvalue weighted by Gasteiger charge is -2.17. The zero-order valence-electron chi connectivity index (χ0n) is 13.2. The maximum atomic E-state index is 11.5. The quantitative estimate of drug-likeness (QED) is 0.846. The molecule has 2 N–H and O–H groups in total. The first kappa shape index (κ1) is 16.0. The molecule has 0 spiro atoms. The minimum Gasteiger partial charge on any atom is -0.388 e. The highest BCUT2D eigenvalue weighted by Gasteiger charge is 2.23. The number of benzene rings is 1. The maximum absolute atomic E-state index is 11.5. The zero-order valence-corrected chi connectivity index (χ0v) is 13.2. The van der Waals surface area contributed by atoms with E-state index in [4.69, 9.17) is 0 Å². The average molecular weight is 290 g/mol. The van der Waals surface area contributed by atoms with Crippen molar-refractivity contribution in [1.82, 2.24) is 5.32 Å². The van der Waals surface area contributed by atoms with Crippen LogP contribution in [-0.4, -0.2) is 30.1 Å². The largest absolute Gasteiger partial charge is 0.388 e. The molecule has 0 saturated carbocycles. The van der Waals surface area contributed by atoms with Crippen molar-refractivity contribution >= 4 is 11.6 Å². The molecule has 1 aliphatic rings. The van der Waals surface area contributed by atoms with Gasteiger partial charge in [0.1, 0.15) is 0 Å². The lowest BCUT2D eigenvalue weighted by atomic mass is 10.0. The van der Waals surface area contributed by atoms with Crippen LogP contribution in [-0.2, 0) is 11.2 Å². The predicted octanol–water partition coefficient (Wildman–Crippen LogP) is 2.41. The van der Waals surface area contributed by atoms with Gasteiger partial charge in [0.2, 0.25) is 5.91 Å². The Morgan fingerprint density at radius 2 is 2.24 bits per heavy atom. The molecule has 1 amide bonds. The van der Waals surface area contributed by atoms with Crippen LogP contribution < -0.4 is 10.2 Å². The second-order valence-corrected chi connectivity index (χ2v) is 5.88. The Bertz CT molecular complexity index is 502. The molecule has 0 aliphatic carbocycles. The Balaban J connectivity index is 1.97. The van der Waals surface area contributed by atoms with Crippen molar-refractivity contribution in [2.75, 3.05) is 18.0 Å². The van der Waals surface area contributed by atoms with Crippen molar-refractivity contribution in [3.05, 3.63) is 29.3 Å². The summed E-state index contributed by atoms with van der Waals surface area (Å²) in [5.74, 6) is 0.0831. The molecule has 0 bridgehead atoms. The Morgan fingerprint density at radius 1 is 1.48 bits per heavy atom. The molecule has 2 rings (SSSR count). The summed E-state index contributed by atoms with van der Waals surface area (Å²) in [6.07, 6.45) is 2.23. The second-order valence-electron chi connectivity index (χ2n) is 5.88. The molecule has 116 valence electrons. The SMILES string of the molecule is CCC(C)NCCC(O)c1ccc2c(c1)CCN2C(C)=O. The molecule has 21 heavy (non-hydrogen) atoms. The van der Waals surface area contributed by atoms with Crippen molar-refractivity contribution in [3.63, 3.8) is 0 Å². The number of amides is 1. The van der Waals surface area contributed by atoms with E-state index in [0.29, 0.717) is 12.5 Å². The van der Waals surface area contributed by atoms with Crippen LogP contribution in [0.15, 0.2) is 18.2 Å². The van der Waals surface area contributed by atoms with Gasteiger partial charge in [0.25, 0.3) is 0 Å². The molecule has 0 fully saturated rings. The second kappa shape index (κ2) is 7.05. The Labute approximate surface area is 127 Å². The van der Waals surface area contributed by atoms with Crippen LogP contribution in [0.25, 0.3) is 0 Å². The minimum atomic E-state index is -0.446. The lowest BCUT2D eigenvalue weighted by molar-refractivity contribution is -0.116. The number of carbonyl (C=O) groups is 1. The molecule has 2 unspecified atom stereocenters. The van der Waals surface area contributed by atoms with Crippen LogP contribution in [0.1, 0.15) is 50.8 Å². The average Bonchev–Trinajstić information content (AvgIpc) is 2.89. The topological polar surface area (TPSA) is 52.6 Å². The van der Waals surface area contributed by atoms with Gasteiger partial charge in [0, 0.05) is 25.2 Å². The molecule has 0 radical (unpaired) electrons. The number of hydrogen-bond acceptors (Lipinski definition) is 3. The van der Waals surface area contributed by atoms with Gasteiger partial charge in [-0.25, -0.2) is 0 Å². The number of carbonyl (C=O) groups excluding carboxylic acids is 1. The van der Waals surface area contributed by atoms with Crippen LogP contribution >= 0.6 is 0 Å². The van der Waals surface area contributed by atoms with E-state index in [1.54, 1.807) is 11.8 Å². The summed E-state index contributed by atoms with van der Waals surface area (Å²) in [6.45, 7) is 7.46. The monoisotopic (exact) mass is 290 g/mol. The van der Waals surface area contributed by atoms with Crippen molar-refractivity contribution in [3.8, 4) is 0 Å². The number of nitrogens with zero attached hydrogens (tertiary/aromatic N) is 1. The van der Waals surface area contributed by atoms with Gasteiger partial charge in [-0.05, 0) is 49.9 Å². The van der Waals surface area contributed by atoms with Gasteiger partial charge < -0.3 is 15.3 Å². The fraction of sp³-hybridized carbons (Fsp3) is 0.588. The van der Waals surface area contributed by atoms with E-state index in [1.165, 1.54) is 0 Å². The van der Waals surface area contributed by atoms with Crippen LogP contribution in [0.2, 0.25) is 0 Å². The molecule has 1 heterocycles. The fourth-order valence-electron chi connectivity index (χ4n) is 2.73. The molecular formula is C17H26N2O2. The van der Waals surface area contributed by atoms with Gasteiger partial charge in [-0.3, -0.25) is 4.79 Å².